The van der Waals surface area contributed by atoms with Crippen molar-refractivity contribution >= 4 is 11.4 Å². The van der Waals surface area contributed by atoms with Gasteiger partial charge in [-0.05, 0) is 25.2 Å². The van der Waals surface area contributed by atoms with Crippen molar-refractivity contribution in [3.8, 4) is 5.75 Å². The second kappa shape index (κ2) is 6.54. The Labute approximate surface area is 126 Å². The minimum atomic E-state index is 0.232. The normalized spacial score (nSPS) is 21.5. The van der Waals surface area contributed by atoms with Gasteiger partial charge in [-0.15, -0.1) is 0 Å². The smallest absolute Gasteiger partial charge is 0.142 e. The van der Waals surface area contributed by atoms with Crippen LogP contribution in [0.25, 0.3) is 0 Å². The standard InChI is InChI=1S/C16H25N3O2/c1-18-6-8-19(9-7-18)13-2-3-16(15(17)12-13)21-14-4-10-20-11-5-14/h2-3,12,14H,4-11,17H2,1H3. The van der Waals surface area contributed by atoms with Crippen LogP contribution in [0.3, 0.4) is 0 Å². The van der Waals surface area contributed by atoms with E-state index in [-0.39, 0.29) is 6.10 Å². The summed E-state index contributed by atoms with van der Waals surface area (Å²) < 4.78 is 11.4. The number of rotatable bonds is 3. The molecule has 0 radical (unpaired) electrons. The number of nitrogens with two attached hydrogens (primary N) is 1. The number of piperazine rings is 1. The maximum atomic E-state index is 6.18. The zero-order valence-electron chi connectivity index (χ0n) is 12.8. The van der Waals surface area contributed by atoms with Crippen LogP contribution in [0.4, 0.5) is 11.4 Å². The van der Waals surface area contributed by atoms with Crippen LogP contribution in [0.1, 0.15) is 12.8 Å². The second-order valence-corrected chi connectivity index (χ2v) is 5.94. The summed E-state index contributed by atoms with van der Waals surface area (Å²) in [6, 6.07) is 6.18. The molecule has 116 valence electrons. The molecule has 2 aliphatic rings. The van der Waals surface area contributed by atoms with Gasteiger partial charge in [-0.1, -0.05) is 0 Å². The van der Waals surface area contributed by atoms with E-state index in [1.54, 1.807) is 0 Å². The molecule has 0 saturated carbocycles. The summed E-state index contributed by atoms with van der Waals surface area (Å²) in [6.07, 6.45) is 2.12. The highest BCUT2D eigenvalue weighted by atomic mass is 16.5. The first-order valence-electron chi connectivity index (χ1n) is 7.80. The van der Waals surface area contributed by atoms with Crippen LogP contribution >= 0.6 is 0 Å². The molecule has 2 fully saturated rings. The quantitative estimate of drug-likeness (QED) is 0.857. The maximum Gasteiger partial charge on any atom is 0.142 e. The van der Waals surface area contributed by atoms with Gasteiger partial charge in [-0.2, -0.15) is 0 Å². The number of benzene rings is 1. The number of hydrogen-bond donors (Lipinski definition) is 1. The van der Waals surface area contributed by atoms with Crippen LogP contribution in [-0.4, -0.2) is 57.4 Å². The molecular weight excluding hydrogens is 266 g/mol. The van der Waals surface area contributed by atoms with E-state index in [0.717, 1.165) is 63.7 Å². The van der Waals surface area contributed by atoms with Gasteiger partial charge >= 0.3 is 0 Å². The molecule has 0 aromatic heterocycles. The second-order valence-electron chi connectivity index (χ2n) is 5.94. The Morgan fingerprint density at radius 2 is 1.86 bits per heavy atom. The molecule has 2 aliphatic heterocycles. The lowest BCUT2D eigenvalue weighted by atomic mass is 10.1. The van der Waals surface area contributed by atoms with Gasteiger partial charge < -0.3 is 25.0 Å². The summed E-state index contributed by atoms with van der Waals surface area (Å²) in [5.41, 5.74) is 8.11. The van der Waals surface area contributed by atoms with Crippen molar-refractivity contribution in [2.45, 2.75) is 18.9 Å². The minimum absolute atomic E-state index is 0.232. The Hall–Kier alpha value is -1.46. The molecule has 1 aromatic carbocycles. The number of ether oxygens (including phenoxy) is 2. The van der Waals surface area contributed by atoms with E-state index in [0.29, 0.717) is 0 Å². The summed E-state index contributed by atoms with van der Waals surface area (Å²) in [5, 5.41) is 0. The van der Waals surface area contributed by atoms with Gasteiger partial charge in [0.2, 0.25) is 0 Å². The van der Waals surface area contributed by atoms with E-state index in [1.807, 2.05) is 12.1 Å². The Kier molecular flexibility index (Phi) is 4.51. The molecule has 0 unspecified atom stereocenters. The molecule has 0 aliphatic carbocycles. The van der Waals surface area contributed by atoms with Crippen LogP contribution in [-0.2, 0) is 4.74 Å². The van der Waals surface area contributed by atoms with Crippen molar-refractivity contribution in [2.75, 3.05) is 57.1 Å². The molecule has 2 N–H and O–H groups in total. The van der Waals surface area contributed by atoms with Crippen molar-refractivity contribution in [2.24, 2.45) is 0 Å². The lowest BCUT2D eigenvalue weighted by Gasteiger charge is -2.34. The summed E-state index contributed by atoms with van der Waals surface area (Å²) in [6.45, 7) is 5.86. The molecule has 0 bridgehead atoms. The van der Waals surface area contributed by atoms with E-state index in [2.05, 4.69) is 22.9 Å². The van der Waals surface area contributed by atoms with Crippen molar-refractivity contribution in [3.05, 3.63) is 18.2 Å². The number of nitrogens with zero attached hydrogens (tertiary/aromatic N) is 2. The zero-order valence-corrected chi connectivity index (χ0v) is 12.8. The van der Waals surface area contributed by atoms with Crippen LogP contribution in [0.2, 0.25) is 0 Å². The highest BCUT2D eigenvalue weighted by Crippen LogP contribution is 2.29. The van der Waals surface area contributed by atoms with Crippen molar-refractivity contribution in [1.82, 2.24) is 4.90 Å². The molecule has 21 heavy (non-hydrogen) atoms. The number of nitrogen functional groups attached to an aromatic ring is 1. The molecule has 2 heterocycles. The Bertz CT molecular complexity index is 467. The van der Waals surface area contributed by atoms with Gasteiger partial charge in [0, 0.05) is 44.7 Å². The van der Waals surface area contributed by atoms with Gasteiger partial charge in [0.15, 0.2) is 0 Å². The fraction of sp³-hybridized carbons (Fsp3) is 0.625. The fourth-order valence-electron chi connectivity index (χ4n) is 2.88. The van der Waals surface area contributed by atoms with Crippen LogP contribution in [0.5, 0.6) is 5.75 Å². The van der Waals surface area contributed by atoms with Crippen molar-refractivity contribution in [3.63, 3.8) is 0 Å². The predicted molar refractivity (Wildman–Crippen MR) is 85.0 cm³/mol. The molecule has 0 amide bonds. The summed E-state index contributed by atoms with van der Waals surface area (Å²) in [4.78, 5) is 4.73. The number of likely N-dealkylation sites (N-methyl/N-ethyl adjacent to an activating group) is 1. The van der Waals surface area contributed by atoms with Gasteiger partial charge in [0.25, 0.3) is 0 Å². The van der Waals surface area contributed by atoms with E-state index in [1.165, 1.54) is 5.69 Å². The molecule has 5 nitrogen and oxygen atoms in total. The lowest BCUT2D eigenvalue weighted by molar-refractivity contribution is 0.0259. The Balaban J connectivity index is 1.64. The van der Waals surface area contributed by atoms with Crippen LogP contribution < -0.4 is 15.4 Å². The molecule has 2 saturated heterocycles. The Morgan fingerprint density at radius 1 is 1.14 bits per heavy atom. The van der Waals surface area contributed by atoms with Crippen molar-refractivity contribution in [1.29, 1.82) is 0 Å². The largest absolute Gasteiger partial charge is 0.488 e. The summed E-state index contributed by atoms with van der Waals surface area (Å²) in [7, 11) is 2.16. The third-order valence-corrected chi connectivity index (χ3v) is 4.32. The van der Waals surface area contributed by atoms with Crippen molar-refractivity contribution < 1.29 is 9.47 Å². The van der Waals surface area contributed by atoms with E-state index >= 15 is 0 Å². The van der Waals surface area contributed by atoms with Gasteiger partial charge in [0.1, 0.15) is 11.9 Å². The highest BCUT2D eigenvalue weighted by Gasteiger charge is 2.18. The Morgan fingerprint density at radius 3 is 2.52 bits per heavy atom. The molecule has 3 rings (SSSR count). The van der Waals surface area contributed by atoms with Crippen LogP contribution in [0.15, 0.2) is 18.2 Å². The topological polar surface area (TPSA) is 51.0 Å². The number of hydrogen-bond acceptors (Lipinski definition) is 5. The van der Waals surface area contributed by atoms with E-state index in [4.69, 9.17) is 15.2 Å². The molecular formula is C16H25N3O2. The molecule has 0 atom stereocenters. The minimum Gasteiger partial charge on any atom is -0.488 e. The fourth-order valence-corrected chi connectivity index (χ4v) is 2.88. The third kappa shape index (κ3) is 3.60. The van der Waals surface area contributed by atoms with Crippen LogP contribution in [0, 0.1) is 0 Å². The number of anilines is 2. The van der Waals surface area contributed by atoms with E-state index in [9.17, 15) is 0 Å². The molecule has 1 aromatic rings. The summed E-state index contributed by atoms with van der Waals surface area (Å²) in [5.74, 6) is 0.805. The highest BCUT2D eigenvalue weighted by molar-refractivity contribution is 5.63. The first-order chi connectivity index (χ1) is 10.2. The van der Waals surface area contributed by atoms with E-state index < -0.39 is 0 Å². The molecule has 5 heteroatoms. The molecule has 0 spiro atoms. The lowest BCUT2D eigenvalue weighted by Crippen LogP contribution is -2.44. The average Bonchev–Trinajstić information content (AvgIpc) is 2.51. The first kappa shape index (κ1) is 14.5. The first-order valence-corrected chi connectivity index (χ1v) is 7.80. The van der Waals surface area contributed by atoms with Gasteiger partial charge in [0.05, 0.1) is 18.9 Å². The maximum absolute atomic E-state index is 6.18. The monoisotopic (exact) mass is 291 g/mol. The SMILES string of the molecule is CN1CCN(c2ccc(OC3CCOCC3)c(N)c2)CC1. The summed E-state index contributed by atoms with van der Waals surface area (Å²) >= 11 is 0. The van der Waals surface area contributed by atoms with Gasteiger partial charge in [-0.3, -0.25) is 0 Å². The van der Waals surface area contributed by atoms with Gasteiger partial charge in [-0.25, -0.2) is 0 Å². The zero-order chi connectivity index (χ0) is 14.7. The average molecular weight is 291 g/mol. The predicted octanol–water partition coefficient (Wildman–Crippen LogP) is 1.58. The third-order valence-electron chi connectivity index (χ3n) is 4.32.